The topological polar surface area (TPSA) is 54.9 Å². The number of nitrogens with zero attached hydrogens (tertiary/aromatic N) is 1. The Labute approximate surface area is 186 Å². The standard InChI is InChI=1S/C23H22ClN3O2S/c1-28-21-12-11-18(13-22(21)29-16-19-9-5-6-10-20(19)24)15-26-27-23(30)25-14-17-7-3-2-4-8-17/h2-13,15H,14,16H2,1H3,(H2,25,27,30)/b26-15+. The van der Waals surface area contributed by atoms with Crippen LogP contribution in [-0.4, -0.2) is 18.4 Å². The van der Waals surface area contributed by atoms with Gasteiger partial charge in [-0.15, -0.1) is 0 Å². The Morgan fingerprint density at radius 3 is 2.57 bits per heavy atom. The van der Waals surface area contributed by atoms with Crippen molar-refractivity contribution < 1.29 is 9.47 Å². The maximum Gasteiger partial charge on any atom is 0.187 e. The number of hydrogen-bond donors (Lipinski definition) is 2. The van der Waals surface area contributed by atoms with Crippen molar-refractivity contribution in [3.05, 3.63) is 94.5 Å². The lowest BCUT2D eigenvalue weighted by Crippen LogP contribution is -2.31. The Morgan fingerprint density at radius 1 is 1.03 bits per heavy atom. The van der Waals surface area contributed by atoms with Crippen LogP contribution in [-0.2, 0) is 13.2 Å². The van der Waals surface area contributed by atoms with Gasteiger partial charge in [-0.3, -0.25) is 5.43 Å². The van der Waals surface area contributed by atoms with Crippen LogP contribution in [0.1, 0.15) is 16.7 Å². The molecule has 3 aromatic rings. The van der Waals surface area contributed by atoms with Crippen molar-refractivity contribution in [2.24, 2.45) is 5.10 Å². The van der Waals surface area contributed by atoms with Crippen LogP contribution in [0.15, 0.2) is 77.9 Å². The van der Waals surface area contributed by atoms with Crippen LogP contribution < -0.4 is 20.2 Å². The van der Waals surface area contributed by atoms with Gasteiger partial charge in [-0.1, -0.05) is 60.1 Å². The van der Waals surface area contributed by atoms with E-state index in [2.05, 4.69) is 15.8 Å². The molecule has 0 saturated heterocycles. The van der Waals surface area contributed by atoms with E-state index in [4.69, 9.17) is 33.3 Å². The number of rotatable bonds is 8. The van der Waals surface area contributed by atoms with Crippen molar-refractivity contribution in [2.75, 3.05) is 7.11 Å². The van der Waals surface area contributed by atoms with Crippen molar-refractivity contribution in [3.63, 3.8) is 0 Å². The molecule has 0 aliphatic rings. The van der Waals surface area contributed by atoms with Gasteiger partial charge in [0.1, 0.15) is 6.61 Å². The van der Waals surface area contributed by atoms with E-state index in [0.717, 1.165) is 16.7 Å². The van der Waals surface area contributed by atoms with Gasteiger partial charge in [0.05, 0.1) is 13.3 Å². The molecule has 0 unspecified atom stereocenters. The van der Waals surface area contributed by atoms with Gasteiger partial charge in [0, 0.05) is 17.1 Å². The van der Waals surface area contributed by atoms with E-state index in [-0.39, 0.29) is 0 Å². The Bertz CT molecular complexity index is 1010. The summed E-state index contributed by atoms with van der Waals surface area (Å²) in [6.07, 6.45) is 1.66. The predicted molar refractivity (Wildman–Crippen MR) is 125 cm³/mol. The molecule has 5 nitrogen and oxygen atoms in total. The largest absolute Gasteiger partial charge is 0.493 e. The third-order valence-electron chi connectivity index (χ3n) is 4.20. The fourth-order valence-corrected chi connectivity index (χ4v) is 2.96. The lowest BCUT2D eigenvalue weighted by molar-refractivity contribution is 0.284. The first-order valence-electron chi connectivity index (χ1n) is 9.31. The van der Waals surface area contributed by atoms with Crippen molar-refractivity contribution in [1.29, 1.82) is 0 Å². The molecule has 0 amide bonds. The van der Waals surface area contributed by atoms with E-state index in [1.807, 2.05) is 72.8 Å². The zero-order valence-corrected chi connectivity index (χ0v) is 18.0. The third kappa shape index (κ3) is 6.47. The molecule has 0 saturated carbocycles. The fraction of sp³-hybridized carbons (Fsp3) is 0.130. The van der Waals surface area contributed by atoms with E-state index >= 15 is 0 Å². The summed E-state index contributed by atoms with van der Waals surface area (Å²) in [5.74, 6) is 1.23. The Hall–Kier alpha value is -3.09. The summed E-state index contributed by atoms with van der Waals surface area (Å²) in [5, 5.41) is 8.40. The zero-order chi connectivity index (χ0) is 21.2. The predicted octanol–water partition coefficient (Wildman–Crippen LogP) is 4.93. The summed E-state index contributed by atoms with van der Waals surface area (Å²) in [4.78, 5) is 0. The zero-order valence-electron chi connectivity index (χ0n) is 16.5. The summed E-state index contributed by atoms with van der Waals surface area (Å²) in [5.41, 5.74) is 5.69. The minimum absolute atomic E-state index is 0.336. The van der Waals surface area contributed by atoms with Gasteiger partial charge in [0.2, 0.25) is 0 Å². The first-order chi connectivity index (χ1) is 14.7. The highest BCUT2D eigenvalue weighted by Gasteiger charge is 2.07. The summed E-state index contributed by atoms with van der Waals surface area (Å²) in [6, 6.07) is 23.1. The molecule has 30 heavy (non-hydrogen) atoms. The third-order valence-corrected chi connectivity index (χ3v) is 4.81. The van der Waals surface area contributed by atoms with Gasteiger partial charge in [0.15, 0.2) is 16.6 Å². The number of methoxy groups -OCH3 is 1. The number of halogens is 1. The highest BCUT2D eigenvalue weighted by Crippen LogP contribution is 2.29. The van der Waals surface area contributed by atoms with Gasteiger partial charge in [-0.05, 0) is 47.6 Å². The molecular formula is C23H22ClN3O2S. The molecule has 2 N–H and O–H groups in total. The molecule has 0 bridgehead atoms. The van der Waals surface area contributed by atoms with E-state index in [0.29, 0.717) is 34.8 Å². The number of ether oxygens (including phenoxy) is 2. The monoisotopic (exact) mass is 439 g/mol. The SMILES string of the molecule is COc1ccc(/C=N/NC(=S)NCc2ccccc2)cc1OCc1ccccc1Cl. The molecule has 0 atom stereocenters. The second-order valence-electron chi connectivity index (χ2n) is 6.33. The average Bonchev–Trinajstić information content (AvgIpc) is 2.78. The van der Waals surface area contributed by atoms with Gasteiger partial charge in [0.25, 0.3) is 0 Å². The number of hydrogen-bond acceptors (Lipinski definition) is 4. The normalized spacial score (nSPS) is 10.6. The Morgan fingerprint density at radius 2 is 1.80 bits per heavy atom. The maximum atomic E-state index is 6.20. The Kier molecular flexibility index (Phi) is 8.06. The van der Waals surface area contributed by atoms with Crippen LogP contribution in [0.3, 0.4) is 0 Å². The molecule has 0 aliphatic carbocycles. The summed E-state index contributed by atoms with van der Waals surface area (Å²) < 4.78 is 11.3. The molecule has 0 spiro atoms. The van der Waals surface area contributed by atoms with Crippen molar-refractivity contribution in [3.8, 4) is 11.5 Å². The molecule has 3 aromatic carbocycles. The number of benzene rings is 3. The van der Waals surface area contributed by atoms with Crippen LogP contribution >= 0.6 is 23.8 Å². The van der Waals surface area contributed by atoms with Gasteiger partial charge < -0.3 is 14.8 Å². The maximum absolute atomic E-state index is 6.20. The van der Waals surface area contributed by atoms with Crippen LogP contribution in [0.2, 0.25) is 5.02 Å². The van der Waals surface area contributed by atoms with Gasteiger partial charge >= 0.3 is 0 Å². The highest BCUT2D eigenvalue weighted by atomic mass is 35.5. The van der Waals surface area contributed by atoms with Crippen LogP contribution in [0.25, 0.3) is 0 Å². The molecule has 0 aromatic heterocycles. The quantitative estimate of drug-likeness (QED) is 0.296. The second-order valence-corrected chi connectivity index (χ2v) is 7.14. The minimum Gasteiger partial charge on any atom is -0.493 e. The van der Waals surface area contributed by atoms with Crippen molar-refractivity contribution in [2.45, 2.75) is 13.2 Å². The molecule has 0 aliphatic heterocycles. The van der Waals surface area contributed by atoms with Crippen molar-refractivity contribution in [1.82, 2.24) is 10.7 Å². The van der Waals surface area contributed by atoms with E-state index in [9.17, 15) is 0 Å². The van der Waals surface area contributed by atoms with Gasteiger partial charge in [-0.2, -0.15) is 5.10 Å². The molecule has 3 rings (SSSR count). The van der Waals surface area contributed by atoms with Gasteiger partial charge in [-0.25, -0.2) is 0 Å². The lowest BCUT2D eigenvalue weighted by Gasteiger charge is -2.12. The van der Waals surface area contributed by atoms with Crippen LogP contribution in [0.4, 0.5) is 0 Å². The smallest absolute Gasteiger partial charge is 0.187 e. The summed E-state index contributed by atoms with van der Waals surface area (Å²) >= 11 is 11.4. The molecular weight excluding hydrogens is 418 g/mol. The summed E-state index contributed by atoms with van der Waals surface area (Å²) in [7, 11) is 1.60. The summed E-state index contributed by atoms with van der Waals surface area (Å²) in [6.45, 7) is 0.965. The van der Waals surface area contributed by atoms with E-state index in [1.54, 1.807) is 13.3 Å². The number of thiocarbonyl (C=S) groups is 1. The second kappa shape index (κ2) is 11.2. The first-order valence-corrected chi connectivity index (χ1v) is 10.1. The molecule has 154 valence electrons. The molecule has 0 heterocycles. The number of nitrogens with one attached hydrogen (secondary N) is 2. The first kappa shape index (κ1) is 21.6. The van der Waals surface area contributed by atoms with E-state index < -0.39 is 0 Å². The lowest BCUT2D eigenvalue weighted by atomic mass is 10.2. The minimum atomic E-state index is 0.336. The molecule has 0 radical (unpaired) electrons. The van der Waals surface area contributed by atoms with Crippen LogP contribution in [0.5, 0.6) is 11.5 Å². The van der Waals surface area contributed by atoms with Crippen LogP contribution in [0, 0.1) is 0 Å². The fourth-order valence-electron chi connectivity index (χ4n) is 2.64. The molecule has 7 heteroatoms. The van der Waals surface area contributed by atoms with Crippen molar-refractivity contribution >= 4 is 35.1 Å². The average molecular weight is 440 g/mol. The number of hydrazone groups is 1. The highest BCUT2D eigenvalue weighted by molar-refractivity contribution is 7.80. The Balaban J connectivity index is 1.57. The molecule has 0 fully saturated rings. The van der Waals surface area contributed by atoms with E-state index in [1.165, 1.54) is 0 Å².